The van der Waals surface area contributed by atoms with Crippen molar-refractivity contribution < 1.29 is 9.18 Å². The molecule has 0 bridgehead atoms. The first-order valence-corrected chi connectivity index (χ1v) is 8.90. The molecule has 1 amide bonds. The summed E-state index contributed by atoms with van der Waals surface area (Å²) in [7, 11) is 0. The van der Waals surface area contributed by atoms with Gasteiger partial charge >= 0.3 is 0 Å². The molecular formula is C19H17Cl2FN4O. The molecule has 0 fully saturated rings. The predicted molar refractivity (Wildman–Crippen MR) is 104 cm³/mol. The first-order valence-electron chi connectivity index (χ1n) is 8.14. The maximum atomic E-state index is 13.8. The number of carbonyl (C=O) groups excluding carboxylic acids is 1. The Morgan fingerprint density at radius 1 is 1.15 bits per heavy atom. The summed E-state index contributed by atoms with van der Waals surface area (Å²) in [5.41, 5.74) is 0.491. The zero-order valence-electron chi connectivity index (χ0n) is 14.9. The van der Waals surface area contributed by atoms with Crippen molar-refractivity contribution in [3.8, 4) is 5.82 Å². The quantitative estimate of drug-likeness (QED) is 0.603. The highest BCUT2D eigenvalue weighted by molar-refractivity contribution is 6.37. The zero-order chi connectivity index (χ0) is 19.8. The van der Waals surface area contributed by atoms with Gasteiger partial charge in [0.25, 0.3) is 5.91 Å². The van der Waals surface area contributed by atoms with Gasteiger partial charge in [-0.3, -0.25) is 4.79 Å². The molecule has 0 aliphatic heterocycles. The number of pyridine rings is 1. The third-order valence-electron chi connectivity index (χ3n) is 3.84. The molecule has 0 aliphatic rings. The molecule has 0 radical (unpaired) electrons. The van der Waals surface area contributed by atoms with Gasteiger partial charge in [-0.15, -0.1) is 0 Å². The molecule has 140 valence electrons. The lowest BCUT2D eigenvalue weighted by Crippen LogP contribution is -2.16. The van der Waals surface area contributed by atoms with Gasteiger partial charge in [0.05, 0.1) is 21.3 Å². The van der Waals surface area contributed by atoms with Gasteiger partial charge in [0.2, 0.25) is 0 Å². The smallest absolute Gasteiger partial charge is 0.258 e. The highest BCUT2D eigenvalue weighted by Gasteiger charge is 2.23. The minimum atomic E-state index is -0.722. The summed E-state index contributed by atoms with van der Waals surface area (Å²) in [5.74, 6) is -0.361. The van der Waals surface area contributed by atoms with E-state index in [1.807, 2.05) is 26.8 Å². The normalized spacial score (nSPS) is 11.5. The molecule has 0 atom stereocenters. The van der Waals surface area contributed by atoms with Crippen molar-refractivity contribution in [2.45, 2.75) is 26.2 Å². The van der Waals surface area contributed by atoms with Crippen LogP contribution in [-0.4, -0.2) is 20.7 Å². The second-order valence-corrected chi connectivity index (χ2v) is 7.78. The topological polar surface area (TPSA) is 59.8 Å². The third-order valence-corrected chi connectivity index (χ3v) is 4.44. The van der Waals surface area contributed by atoms with Crippen LogP contribution in [0.4, 0.5) is 10.2 Å². The molecule has 1 N–H and O–H groups in total. The van der Waals surface area contributed by atoms with E-state index in [2.05, 4.69) is 15.4 Å². The molecule has 2 heterocycles. The third kappa shape index (κ3) is 4.12. The molecule has 27 heavy (non-hydrogen) atoms. The van der Waals surface area contributed by atoms with Crippen LogP contribution in [0, 0.1) is 5.82 Å². The molecule has 0 saturated heterocycles. The van der Waals surface area contributed by atoms with E-state index in [-0.39, 0.29) is 21.0 Å². The maximum Gasteiger partial charge on any atom is 0.258 e. The molecule has 5 nitrogen and oxygen atoms in total. The summed E-state index contributed by atoms with van der Waals surface area (Å²) in [4.78, 5) is 16.9. The van der Waals surface area contributed by atoms with E-state index in [1.165, 1.54) is 10.7 Å². The lowest BCUT2D eigenvalue weighted by atomic mass is 9.92. The Bertz CT molecular complexity index is 997. The Labute approximate surface area is 166 Å². The van der Waals surface area contributed by atoms with Crippen LogP contribution in [0.25, 0.3) is 5.82 Å². The van der Waals surface area contributed by atoms with Gasteiger partial charge in [-0.05, 0) is 24.3 Å². The van der Waals surface area contributed by atoms with Crippen molar-refractivity contribution in [2.75, 3.05) is 5.32 Å². The van der Waals surface area contributed by atoms with Crippen LogP contribution in [0.2, 0.25) is 10.0 Å². The van der Waals surface area contributed by atoms with E-state index >= 15 is 0 Å². The van der Waals surface area contributed by atoms with Crippen LogP contribution < -0.4 is 5.32 Å². The average Bonchev–Trinajstić information content (AvgIpc) is 3.03. The molecule has 0 aliphatic carbocycles. The number of nitrogens with zero attached hydrogens (tertiary/aromatic N) is 3. The summed E-state index contributed by atoms with van der Waals surface area (Å²) in [6.07, 6.45) is 1.63. The molecule has 8 heteroatoms. The lowest BCUT2D eigenvalue weighted by molar-refractivity contribution is 0.102. The summed E-state index contributed by atoms with van der Waals surface area (Å²) in [6.45, 7) is 6.03. The average molecular weight is 407 g/mol. The largest absolute Gasteiger partial charge is 0.306 e. The Balaban J connectivity index is 2.02. The summed E-state index contributed by atoms with van der Waals surface area (Å²) in [6, 6.07) is 9.33. The molecule has 3 aromatic rings. The number of anilines is 1. The Kier molecular flexibility index (Phi) is 5.22. The summed E-state index contributed by atoms with van der Waals surface area (Å²) >= 11 is 11.7. The molecule has 2 aromatic heterocycles. The van der Waals surface area contributed by atoms with Crippen molar-refractivity contribution in [3.63, 3.8) is 0 Å². The van der Waals surface area contributed by atoms with Crippen molar-refractivity contribution in [1.82, 2.24) is 14.8 Å². The first kappa shape index (κ1) is 19.3. The second-order valence-electron chi connectivity index (χ2n) is 6.96. The van der Waals surface area contributed by atoms with Gasteiger partial charge in [0, 0.05) is 17.7 Å². The molecule has 0 spiro atoms. The number of carbonyl (C=O) groups is 1. The number of amides is 1. The predicted octanol–water partition coefficient (Wildman–Crippen LogP) is 5.26. The van der Waals surface area contributed by atoms with Gasteiger partial charge in [0.15, 0.2) is 5.82 Å². The minimum Gasteiger partial charge on any atom is -0.306 e. The van der Waals surface area contributed by atoms with E-state index in [4.69, 9.17) is 23.2 Å². The summed E-state index contributed by atoms with van der Waals surface area (Å²) < 4.78 is 15.3. The standard InChI is InChI=1S/C19H17Cl2FN4O/c1-19(2,3)15-10-17(26(25-15)16-6-4-5-7-23-16)24-18(27)11-8-14(22)13(21)9-12(11)20/h4-10H,1-3H3,(H,24,27). The number of rotatable bonds is 3. The van der Waals surface area contributed by atoms with Crippen LogP contribution in [-0.2, 0) is 5.41 Å². The number of halogens is 3. The Morgan fingerprint density at radius 2 is 1.89 bits per heavy atom. The van der Waals surface area contributed by atoms with Crippen molar-refractivity contribution in [1.29, 1.82) is 0 Å². The van der Waals surface area contributed by atoms with E-state index in [1.54, 1.807) is 24.4 Å². The van der Waals surface area contributed by atoms with Crippen molar-refractivity contribution in [2.24, 2.45) is 0 Å². The molecule has 0 saturated carbocycles. The van der Waals surface area contributed by atoms with Crippen LogP contribution in [0.3, 0.4) is 0 Å². The Hall–Kier alpha value is -2.44. The fourth-order valence-corrected chi connectivity index (χ4v) is 2.84. The number of hydrogen-bond acceptors (Lipinski definition) is 3. The SMILES string of the molecule is CC(C)(C)c1cc(NC(=O)c2cc(F)c(Cl)cc2Cl)n(-c2ccccn2)n1. The van der Waals surface area contributed by atoms with E-state index < -0.39 is 11.7 Å². The van der Waals surface area contributed by atoms with E-state index in [9.17, 15) is 9.18 Å². The first-order chi connectivity index (χ1) is 12.7. The molecule has 3 rings (SSSR count). The number of benzene rings is 1. The summed E-state index contributed by atoms with van der Waals surface area (Å²) in [5, 5.41) is 7.20. The van der Waals surface area contributed by atoms with Crippen molar-refractivity contribution in [3.05, 3.63) is 69.7 Å². The van der Waals surface area contributed by atoms with Crippen LogP contribution in [0.15, 0.2) is 42.6 Å². The van der Waals surface area contributed by atoms with Crippen LogP contribution in [0.1, 0.15) is 36.8 Å². The van der Waals surface area contributed by atoms with Gasteiger partial charge in [-0.2, -0.15) is 9.78 Å². The molecule has 1 aromatic carbocycles. The molecule has 0 unspecified atom stereocenters. The van der Waals surface area contributed by atoms with Crippen LogP contribution in [0.5, 0.6) is 0 Å². The molecular weight excluding hydrogens is 390 g/mol. The van der Waals surface area contributed by atoms with E-state index in [0.29, 0.717) is 11.6 Å². The van der Waals surface area contributed by atoms with Gasteiger partial charge < -0.3 is 5.32 Å². The second kappa shape index (κ2) is 7.29. The highest BCUT2D eigenvalue weighted by Crippen LogP contribution is 2.28. The zero-order valence-corrected chi connectivity index (χ0v) is 16.4. The minimum absolute atomic E-state index is 0.0235. The van der Waals surface area contributed by atoms with E-state index in [0.717, 1.165) is 11.8 Å². The number of nitrogens with one attached hydrogen (secondary N) is 1. The van der Waals surface area contributed by atoms with Crippen molar-refractivity contribution >= 4 is 34.9 Å². The maximum absolute atomic E-state index is 13.8. The number of aromatic nitrogens is 3. The monoisotopic (exact) mass is 406 g/mol. The van der Waals surface area contributed by atoms with Gasteiger partial charge in [-0.1, -0.05) is 50.0 Å². The Morgan fingerprint density at radius 3 is 2.52 bits per heavy atom. The van der Waals surface area contributed by atoms with Gasteiger partial charge in [-0.25, -0.2) is 9.37 Å². The highest BCUT2D eigenvalue weighted by atomic mass is 35.5. The fourth-order valence-electron chi connectivity index (χ4n) is 2.37. The fraction of sp³-hybridized carbons (Fsp3) is 0.211. The number of hydrogen-bond donors (Lipinski definition) is 1. The lowest BCUT2D eigenvalue weighted by Gasteiger charge is -2.13. The van der Waals surface area contributed by atoms with Gasteiger partial charge in [0.1, 0.15) is 11.6 Å². The van der Waals surface area contributed by atoms with Crippen LogP contribution >= 0.6 is 23.2 Å².